The Hall–Kier alpha value is -1.64. The van der Waals surface area contributed by atoms with Gasteiger partial charge in [0.2, 0.25) is 10.0 Å². The van der Waals surface area contributed by atoms with E-state index < -0.39 is 16.0 Å². The molecule has 150 valence electrons. The van der Waals surface area contributed by atoms with Crippen molar-refractivity contribution in [3.63, 3.8) is 0 Å². The van der Waals surface area contributed by atoms with Gasteiger partial charge in [0, 0.05) is 24.7 Å². The van der Waals surface area contributed by atoms with Crippen LogP contribution in [0.5, 0.6) is 0 Å². The monoisotopic (exact) mass is 416 g/mol. The second-order valence-electron chi connectivity index (χ2n) is 7.01. The van der Waals surface area contributed by atoms with Crippen molar-refractivity contribution in [1.82, 2.24) is 9.62 Å². The summed E-state index contributed by atoms with van der Waals surface area (Å²) in [6.45, 7) is 5.07. The van der Waals surface area contributed by atoms with E-state index in [1.54, 1.807) is 11.0 Å². The van der Waals surface area contributed by atoms with Crippen LogP contribution in [-0.4, -0.2) is 51.4 Å². The van der Waals surface area contributed by atoms with Crippen LogP contribution in [0.25, 0.3) is 0 Å². The quantitative estimate of drug-likeness (QED) is 0.687. The third kappa shape index (κ3) is 6.79. The molecule has 0 bridgehead atoms. The molecular formula is C18H25ClN2O5S. The maximum absolute atomic E-state index is 12.2. The molecule has 2 atom stereocenters. The minimum Gasteiger partial charge on any atom is -0.456 e. The lowest BCUT2D eigenvalue weighted by molar-refractivity contribution is -0.153. The Kier molecular flexibility index (Phi) is 7.64. The van der Waals surface area contributed by atoms with Gasteiger partial charge in [0.1, 0.15) is 0 Å². The second kappa shape index (κ2) is 9.52. The number of halogens is 1. The standard InChI is InChI=1S/C18H25ClN2O5S/c1-13-8-14(2)11-21(10-13)17(22)12-26-18(23)6-7-20-27(24,25)16-5-3-4-15(19)9-16/h3-5,9,13-14,20H,6-8,10-12H2,1-2H3. The highest BCUT2D eigenvalue weighted by molar-refractivity contribution is 7.89. The molecule has 1 fully saturated rings. The minimum atomic E-state index is -3.76. The first kappa shape index (κ1) is 21.7. The molecule has 0 aromatic heterocycles. The van der Waals surface area contributed by atoms with Gasteiger partial charge < -0.3 is 9.64 Å². The number of carbonyl (C=O) groups excluding carboxylic acids is 2. The largest absolute Gasteiger partial charge is 0.456 e. The highest BCUT2D eigenvalue weighted by Gasteiger charge is 2.26. The van der Waals surface area contributed by atoms with Crippen LogP contribution in [0, 0.1) is 11.8 Å². The Bertz CT molecular complexity index is 774. The van der Waals surface area contributed by atoms with Gasteiger partial charge in [-0.25, -0.2) is 13.1 Å². The number of hydrogen-bond acceptors (Lipinski definition) is 5. The summed E-state index contributed by atoms with van der Waals surface area (Å²) in [6, 6.07) is 5.82. The molecule has 1 aromatic rings. The van der Waals surface area contributed by atoms with E-state index >= 15 is 0 Å². The number of benzene rings is 1. The number of piperidine rings is 1. The van der Waals surface area contributed by atoms with E-state index in [9.17, 15) is 18.0 Å². The summed E-state index contributed by atoms with van der Waals surface area (Å²) < 4.78 is 31.5. The highest BCUT2D eigenvalue weighted by atomic mass is 35.5. The summed E-state index contributed by atoms with van der Waals surface area (Å²) in [5.74, 6) is 0.0000970. The van der Waals surface area contributed by atoms with Crippen LogP contribution in [0.2, 0.25) is 5.02 Å². The average molecular weight is 417 g/mol. The molecule has 0 saturated carbocycles. The fourth-order valence-corrected chi connectivity index (χ4v) is 4.51. The van der Waals surface area contributed by atoms with Gasteiger partial charge in [0.15, 0.2) is 6.61 Å². The molecule has 1 aliphatic heterocycles. The minimum absolute atomic E-state index is 0.0203. The molecule has 2 unspecified atom stereocenters. The van der Waals surface area contributed by atoms with E-state index in [1.165, 1.54) is 18.2 Å². The predicted molar refractivity (Wildman–Crippen MR) is 102 cm³/mol. The van der Waals surface area contributed by atoms with Gasteiger partial charge in [-0.3, -0.25) is 9.59 Å². The summed E-state index contributed by atoms with van der Waals surface area (Å²) in [7, 11) is -3.76. The molecule has 7 nitrogen and oxygen atoms in total. The summed E-state index contributed by atoms with van der Waals surface area (Å²) in [5, 5.41) is 0.303. The lowest BCUT2D eigenvalue weighted by Gasteiger charge is -2.34. The molecule has 1 saturated heterocycles. The molecule has 1 N–H and O–H groups in total. The Morgan fingerprint density at radius 2 is 1.93 bits per heavy atom. The maximum Gasteiger partial charge on any atom is 0.307 e. The number of esters is 1. The third-order valence-corrected chi connectivity index (χ3v) is 6.00. The van der Waals surface area contributed by atoms with E-state index in [0.717, 1.165) is 6.42 Å². The average Bonchev–Trinajstić information content (AvgIpc) is 2.58. The van der Waals surface area contributed by atoms with Gasteiger partial charge in [0.05, 0.1) is 11.3 Å². The lowest BCUT2D eigenvalue weighted by Crippen LogP contribution is -2.44. The van der Waals surface area contributed by atoms with E-state index in [1.807, 2.05) is 0 Å². The smallest absolute Gasteiger partial charge is 0.307 e. The first-order chi connectivity index (χ1) is 12.7. The zero-order valence-corrected chi connectivity index (χ0v) is 17.1. The second-order valence-corrected chi connectivity index (χ2v) is 9.21. The first-order valence-electron chi connectivity index (χ1n) is 8.86. The van der Waals surface area contributed by atoms with Crippen molar-refractivity contribution in [2.45, 2.75) is 31.6 Å². The van der Waals surface area contributed by atoms with Gasteiger partial charge in [-0.2, -0.15) is 0 Å². The molecule has 27 heavy (non-hydrogen) atoms. The van der Waals surface area contributed by atoms with Crippen molar-refractivity contribution >= 4 is 33.5 Å². The Morgan fingerprint density at radius 3 is 2.56 bits per heavy atom. The van der Waals surface area contributed by atoms with Crippen LogP contribution in [0.3, 0.4) is 0 Å². The number of rotatable bonds is 7. The van der Waals surface area contributed by atoms with E-state index in [-0.39, 0.29) is 30.4 Å². The first-order valence-corrected chi connectivity index (χ1v) is 10.7. The molecule has 1 aliphatic rings. The number of amides is 1. The van der Waals surface area contributed by atoms with Crippen LogP contribution >= 0.6 is 11.6 Å². The molecule has 1 aromatic carbocycles. The lowest BCUT2D eigenvalue weighted by atomic mass is 9.92. The van der Waals surface area contributed by atoms with Gasteiger partial charge in [-0.1, -0.05) is 31.5 Å². The summed E-state index contributed by atoms with van der Waals surface area (Å²) >= 11 is 5.79. The van der Waals surface area contributed by atoms with Crippen molar-refractivity contribution < 1.29 is 22.7 Å². The number of nitrogens with zero attached hydrogens (tertiary/aromatic N) is 1. The fraction of sp³-hybridized carbons (Fsp3) is 0.556. The molecule has 1 amide bonds. The molecule has 9 heteroatoms. The number of nitrogens with one attached hydrogen (secondary N) is 1. The van der Waals surface area contributed by atoms with Gasteiger partial charge >= 0.3 is 5.97 Å². The zero-order valence-electron chi connectivity index (χ0n) is 15.5. The van der Waals surface area contributed by atoms with Crippen LogP contribution in [0.4, 0.5) is 0 Å². The van der Waals surface area contributed by atoms with Crippen molar-refractivity contribution in [2.75, 3.05) is 26.2 Å². The Morgan fingerprint density at radius 1 is 1.26 bits per heavy atom. The number of likely N-dealkylation sites (tertiary alicyclic amines) is 1. The van der Waals surface area contributed by atoms with E-state index in [0.29, 0.717) is 29.9 Å². The van der Waals surface area contributed by atoms with Gasteiger partial charge in [0.25, 0.3) is 5.91 Å². The van der Waals surface area contributed by atoms with Crippen molar-refractivity contribution in [3.05, 3.63) is 29.3 Å². The van der Waals surface area contributed by atoms with Crippen LogP contribution in [0.1, 0.15) is 26.7 Å². The zero-order chi connectivity index (χ0) is 20.0. The summed E-state index contributed by atoms with van der Waals surface area (Å²) in [4.78, 5) is 25.7. The SMILES string of the molecule is CC1CC(C)CN(C(=O)COC(=O)CCNS(=O)(=O)c2cccc(Cl)c2)C1. The molecule has 0 spiro atoms. The van der Waals surface area contributed by atoms with E-state index in [2.05, 4.69) is 18.6 Å². The summed E-state index contributed by atoms with van der Waals surface area (Å²) in [5.41, 5.74) is 0. The number of carbonyl (C=O) groups is 2. The molecule has 2 rings (SSSR count). The Balaban J connectivity index is 1.74. The van der Waals surface area contributed by atoms with E-state index in [4.69, 9.17) is 16.3 Å². The van der Waals surface area contributed by atoms with Crippen molar-refractivity contribution in [2.24, 2.45) is 11.8 Å². The Labute approximate surface area is 165 Å². The van der Waals surface area contributed by atoms with Crippen molar-refractivity contribution in [3.8, 4) is 0 Å². The van der Waals surface area contributed by atoms with Gasteiger partial charge in [-0.05, 0) is 36.5 Å². The molecule has 0 radical (unpaired) electrons. The van der Waals surface area contributed by atoms with Crippen LogP contribution < -0.4 is 4.72 Å². The predicted octanol–water partition coefficient (Wildman–Crippen LogP) is 2.06. The fourth-order valence-electron chi connectivity index (χ4n) is 3.18. The summed E-state index contributed by atoms with van der Waals surface area (Å²) in [6.07, 6.45) is 0.913. The van der Waals surface area contributed by atoms with Crippen LogP contribution in [-0.2, 0) is 24.3 Å². The third-order valence-electron chi connectivity index (χ3n) is 4.31. The van der Waals surface area contributed by atoms with Gasteiger partial charge in [-0.15, -0.1) is 0 Å². The number of hydrogen-bond donors (Lipinski definition) is 1. The molecular weight excluding hydrogens is 392 g/mol. The number of sulfonamides is 1. The number of ether oxygens (including phenoxy) is 1. The highest BCUT2D eigenvalue weighted by Crippen LogP contribution is 2.21. The topological polar surface area (TPSA) is 92.8 Å². The normalized spacial score (nSPS) is 20.3. The molecule has 0 aliphatic carbocycles. The maximum atomic E-state index is 12.2. The molecule has 1 heterocycles. The van der Waals surface area contributed by atoms with Crippen molar-refractivity contribution in [1.29, 1.82) is 0 Å². The van der Waals surface area contributed by atoms with Crippen LogP contribution in [0.15, 0.2) is 29.2 Å².